The van der Waals surface area contributed by atoms with Gasteiger partial charge in [-0.3, -0.25) is 4.79 Å². The van der Waals surface area contributed by atoms with Crippen molar-refractivity contribution in [2.45, 2.75) is 0 Å². The molecule has 0 radical (unpaired) electrons. The molecule has 1 N–H and O–H groups in total. The van der Waals surface area contributed by atoms with Crippen molar-refractivity contribution in [3.63, 3.8) is 0 Å². The Morgan fingerprint density at radius 1 is 1.33 bits per heavy atom. The zero-order valence-corrected chi connectivity index (χ0v) is 6.97. The lowest BCUT2D eigenvalue weighted by atomic mass is 10.1. The van der Waals surface area contributed by atoms with Crippen LogP contribution in [0.25, 0.3) is 10.1 Å². The smallest absolute Gasteiger partial charge is 0.154 e. The molecular weight excluding hydrogens is 172 g/mol. The number of hydrogen-bond donors (Lipinski definition) is 1. The summed E-state index contributed by atoms with van der Waals surface area (Å²) in [5.41, 5.74) is 0.383. The van der Waals surface area contributed by atoms with Crippen molar-refractivity contribution >= 4 is 27.7 Å². The normalized spacial score (nSPS) is 10.3. The zero-order valence-electron chi connectivity index (χ0n) is 6.15. The van der Waals surface area contributed by atoms with Gasteiger partial charge < -0.3 is 5.11 Å². The molecule has 12 heavy (non-hydrogen) atoms. The number of hydrogen-bond acceptors (Lipinski definition) is 3. The third-order valence-electron chi connectivity index (χ3n) is 1.77. The van der Waals surface area contributed by atoms with Gasteiger partial charge in [-0.2, -0.15) is 0 Å². The molecule has 0 unspecified atom stereocenters. The second kappa shape index (κ2) is 2.60. The molecule has 0 aliphatic heterocycles. The summed E-state index contributed by atoms with van der Waals surface area (Å²) in [7, 11) is 0. The van der Waals surface area contributed by atoms with Gasteiger partial charge in [-0.1, -0.05) is 0 Å². The molecule has 0 bridgehead atoms. The molecule has 2 nitrogen and oxygen atoms in total. The van der Waals surface area contributed by atoms with Crippen molar-refractivity contribution in [3.05, 3.63) is 29.1 Å². The molecule has 0 saturated heterocycles. The highest BCUT2D eigenvalue weighted by Gasteiger charge is 2.05. The number of phenolic OH excluding ortho intramolecular Hbond substituents is 1. The van der Waals surface area contributed by atoms with Crippen LogP contribution in [0, 0.1) is 0 Å². The van der Waals surface area contributed by atoms with E-state index in [9.17, 15) is 9.90 Å². The average molecular weight is 178 g/mol. The van der Waals surface area contributed by atoms with E-state index >= 15 is 0 Å². The fraction of sp³-hybridized carbons (Fsp3) is 0. The Morgan fingerprint density at radius 2 is 2.17 bits per heavy atom. The van der Waals surface area contributed by atoms with Crippen LogP contribution < -0.4 is 0 Å². The first-order valence-corrected chi connectivity index (χ1v) is 4.35. The lowest BCUT2D eigenvalue weighted by Gasteiger charge is -1.97. The van der Waals surface area contributed by atoms with Crippen molar-refractivity contribution in [1.82, 2.24) is 0 Å². The standard InChI is InChI=1S/C9H6O2S/c10-5-7-6-3-4-12-9(6)2-1-8(7)11/h1-5,11H. The molecule has 2 aromatic rings. The fourth-order valence-corrected chi connectivity index (χ4v) is 1.98. The molecule has 0 fully saturated rings. The first kappa shape index (κ1) is 7.31. The molecule has 1 heterocycles. The first-order valence-electron chi connectivity index (χ1n) is 3.47. The number of phenols is 1. The van der Waals surface area contributed by atoms with Gasteiger partial charge in [-0.15, -0.1) is 11.3 Å². The molecule has 0 spiro atoms. The molecule has 1 aromatic heterocycles. The quantitative estimate of drug-likeness (QED) is 0.681. The number of aldehydes is 1. The Hall–Kier alpha value is -1.35. The molecule has 2 rings (SSSR count). The van der Waals surface area contributed by atoms with Gasteiger partial charge in [0.15, 0.2) is 6.29 Å². The maximum atomic E-state index is 10.6. The highest BCUT2D eigenvalue weighted by Crippen LogP contribution is 2.28. The number of fused-ring (bicyclic) bond motifs is 1. The highest BCUT2D eigenvalue weighted by atomic mass is 32.1. The van der Waals surface area contributed by atoms with Gasteiger partial charge in [-0.25, -0.2) is 0 Å². The summed E-state index contributed by atoms with van der Waals surface area (Å²) in [5, 5.41) is 12.0. The number of carbonyl (C=O) groups excluding carboxylic acids is 1. The molecule has 0 aliphatic carbocycles. The largest absolute Gasteiger partial charge is 0.507 e. The minimum atomic E-state index is 0.0518. The van der Waals surface area contributed by atoms with Crippen LogP contribution in [0.4, 0.5) is 0 Å². The van der Waals surface area contributed by atoms with E-state index in [0.717, 1.165) is 10.1 Å². The van der Waals surface area contributed by atoms with Gasteiger partial charge in [0, 0.05) is 10.1 Å². The highest BCUT2D eigenvalue weighted by molar-refractivity contribution is 7.17. The maximum absolute atomic E-state index is 10.6. The summed E-state index contributed by atoms with van der Waals surface area (Å²) in [6.45, 7) is 0. The number of thiophene rings is 1. The van der Waals surface area contributed by atoms with Crippen molar-refractivity contribution in [2.75, 3.05) is 0 Å². The van der Waals surface area contributed by atoms with Crippen LogP contribution >= 0.6 is 11.3 Å². The van der Waals surface area contributed by atoms with E-state index in [2.05, 4.69) is 0 Å². The lowest BCUT2D eigenvalue weighted by molar-refractivity contribution is 0.112. The number of carbonyl (C=O) groups is 1. The van der Waals surface area contributed by atoms with Gasteiger partial charge in [0.2, 0.25) is 0 Å². The van der Waals surface area contributed by atoms with Crippen LogP contribution in [0.15, 0.2) is 23.6 Å². The third kappa shape index (κ3) is 0.905. The minimum Gasteiger partial charge on any atom is -0.507 e. The monoisotopic (exact) mass is 178 g/mol. The molecule has 0 aliphatic rings. The van der Waals surface area contributed by atoms with Crippen LogP contribution in [-0.2, 0) is 0 Å². The first-order chi connectivity index (χ1) is 5.83. The second-order valence-corrected chi connectivity index (χ2v) is 3.40. The summed E-state index contributed by atoms with van der Waals surface area (Å²) < 4.78 is 1.02. The Labute approximate surface area is 73.1 Å². The Morgan fingerprint density at radius 3 is 2.92 bits per heavy atom. The molecular formula is C9H6O2S. The van der Waals surface area contributed by atoms with Crippen LogP contribution in [0.5, 0.6) is 5.75 Å². The predicted molar refractivity (Wildman–Crippen MR) is 48.9 cm³/mol. The van der Waals surface area contributed by atoms with E-state index in [1.165, 1.54) is 0 Å². The lowest BCUT2D eigenvalue weighted by Crippen LogP contribution is -1.80. The molecule has 0 atom stereocenters. The van der Waals surface area contributed by atoms with Gasteiger partial charge in [-0.05, 0) is 23.6 Å². The molecule has 0 saturated carbocycles. The summed E-state index contributed by atoms with van der Waals surface area (Å²) >= 11 is 1.56. The Bertz CT molecular complexity index is 431. The van der Waals surface area contributed by atoms with E-state index in [4.69, 9.17) is 0 Å². The maximum Gasteiger partial charge on any atom is 0.154 e. The van der Waals surface area contributed by atoms with Crippen molar-refractivity contribution in [3.8, 4) is 5.75 Å². The average Bonchev–Trinajstić information content (AvgIpc) is 2.52. The Kier molecular flexibility index (Phi) is 1.59. The van der Waals surface area contributed by atoms with E-state index in [-0.39, 0.29) is 5.75 Å². The fourth-order valence-electron chi connectivity index (χ4n) is 1.18. The van der Waals surface area contributed by atoms with Gasteiger partial charge >= 0.3 is 0 Å². The van der Waals surface area contributed by atoms with Crippen LogP contribution in [-0.4, -0.2) is 11.4 Å². The van der Waals surface area contributed by atoms with E-state index < -0.39 is 0 Å². The predicted octanol–water partition coefficient (Wildman–Crippen LogP) is 2.42. The topological polar surface area (TPSA) is 37.3 Å². The van der Waals surface area contributed by atoms with E-state index in [0.29, 0.717) is 11.8 Å². The van der Waals surface area contributed by atoms with Gasteiger partial charge in [0.1, 0.15) is 5.75 Å². The SMILES string of the molecule is O=Cc1c(O)ccc2sccc12. The summed E-state index contributed by atoms with van der Waals surface area (Å²) in [5.74, 6) is 0.0518. The van der Waals surface area contributed by atoms with Gasteiger partial charge in [0.25, 0.3) is 0 Å². The Balaban J connectivity index is 2.91. The van der Waals surface area contributed by atoms with Crippen LogP contribution in [0.1, 0.15) is 10.4 Å². The third-order valence-corrected chi connectivity index (χ3v) is 2.65. The van der Waals surface area contributed by atoms with Crippen molar-refractivity contribution in [1.29, 1.82) is 0 Å². The van der Waals surface area contributed by atoms with E-state index in [1.807, 2.05) is 17.5 Å². The molecule has 1 aromatic carbocycles. The summed E-state index contributed by atoms with van der Waals surface area (Å²) in [4.78, 5) is 10.6. The summed E-state index contributed by atoms with van der Waals surface area (Å²) in [6.07, 6.45) is 0.685. The number of benzene rings is 1. The summed E-state index contributed by atoms with van der Waals surface area (Å²) in [6, 6.07) is 5.19. The number of rotatable bonds is 1. The minimum absolute atomic E-state index is 0.0518. The number of aromatic hydroxyl groups is 1. The van der Waals surface area contributed by atoms with Crippen molar-refractivity contribution < 1.29 is 9.90 Å². The van der Waals surface area contributed by atoms with Crippen LogP contribution in [0.2, 0.25) is 0 Å². The molecule has 0 amide bonds. The van der Waals surface area contributed by atoms with Crippen molar-refractivity contribution in [2.24, 2.45) is 0 Å². The molecule has 60 valence electrons. The molecule has 3 heteroatoms. The zero-order chi connectivity index (χ0) is 8.55. The van der Waals surface area contributed by atoms with Crippen LogP contribution in [0.3, 0.4) is 0 Å². The van der Waals surface area contributed by atoms with E-state index in [1.54, 1.807) is 17.4 Å². The van der Waals surface area contributed by atoms with Gasteiger partial charge in [0.05, 0.1) is 5.56 Å². The second-order valence-electron chi connectivity index (χ2n) is 2.45.